The summed E-state index contributed by atoms with van der Waals surface area (Å²) in [5.74, 6) is -1.25. The van der Waals surface area contributed by atoms with Gasteiger partial charge in [-0.15, -0.1) is 0 Å². The molecule has 0 aromatic carbocycles. The fraction of sp³-hybridized carbons (Fsp3) is 0.556. The maximum Gasteiger partial charge on any atom is 0.270 e. The normalized spacial score (nSPS) is 22.6. The van der Waals surface area contributed by atoms with E-state index in [4.69, 9.17) is 5.73 Å². The Hall–Kier alpha value is -2.88. The Labute approximate surface area is 163 Å². The van der Waals surface area contributed by atoms with E-state index < -0.39 is 18.0 Å². The fourth-order valence-electron chi connectivity index (χ4n) is 3.63. The number of nitrogens with one attached hydrogen (secondary N) is 2. The number of aryl methyl sites for hydroxylation is 1. The molecule has 2 aliphatic rings. The van der Waals surface area contributed by atoms with Crippen LogP contribution in [-0.4, -0.2) is 82.8 Å². The Morgan fingerprint density at radius 1 is 1.32 bits per heavy atom. The lowest BCUT2D eigenvalue weighted by Crippen LogP contribution is -2.64. The molecule has 4 amide bonds. The molecule has 2 atom stereocenters. The number of aromatic nitrogens is 1. The van der Waals surface area contributed by atoms with Crippen molar-refractivity contribution >= 4 is 23.6 Å². The van der Waals surface area contributed by atoms with E-state index in [-0.39, 0.29) is 37.4 Å². The van der Waals surface area contributed by atoms with Crippen molar-refractivity contribution in [1.82, 2.24) is 25.0 Å². The van der Waals surface area contributed by atoms with Crippen molar-refractivity contribution in [3.05, 3.63) is 24.0 Å². The first kappa shape index (κ1) is 19.9. The summed E-state index contributed by atoms with van der Waals surface area (Å²) in [6.07, 6.45) is 3.08. The Bertz CT molecular complexity index is 776. The van der Waals surface area contributed by atoms with E-state index in [0.717, 1.165) is 6.42 Å². The van der Waals surface area contributed by atoms with Crippen molar-refractivity contribution in [3.8, 4) is 0 Å². The summed E-state index contributed by atoms with van der Waals surface area (Å²) in [5.41, 5.74) is 6.00. The second kappa shape index (κ2) is 8.42. The molecule has 0 aliphatic carbocycles. The van der Waals surface area contributed by atoms with Crippen LogP contribution >= 0.6 is 0 Å². The van der Waals surface area contributed by atoms with E-state index in [2.05, 4.69) is 10.6 Å². The molecular formula is C18H26N6O4. The molecule has 0 saturated carbocycles. The summed E-state index contributed by atoms with van der Waals surface area (Å²) in [5, 5.41) is 5.44. The lowest BCUT2D eigenvalue weighted by atomic mass is 10.0. The van der Waals surface area contributed by atoms with Crippen LogP contribution in [0.2, 0.25) is 0 Å². The number of rotatable bonds is 4. The van der Waals surface area contributed by atoms with E-state index in [0.29, 0.717) is 25.2 Å². The van der Waals surface area contributed by atoms with E-state index in [1.165, 1.54) is 4.90 Å². The molecule has 10 nitrogen and oxygen atoms in total. The van der Waals surface area contributed by atoms with Crippen molar-refractivity contribution in [3.63, 3.8) is 0 Å². The first-order valence-electron chi connectivity index (χ1n) is 9.40. The summed E-state index contributed by atoms with van der Waals surface area (Å²) < 4.78 is 1.71. The Morgan fingerprint density at radius 2 is 2.11 bits per heavy atom. The lowest BCUT2D eigenvalue weighted by Gasteiger charge is -2.41. The molecule has 2 saturated heterocycles. The summed E-state index contributed by atoms with van der Waals surface area (Å²) in [7, 11) is 1.77. The molecule has 2 unspecified atom stereocenters. The highest BCUT2D eigenvalue weighted by Crippen LogP contribution is 2.15. The summed E-state index contributed by atoms with van der Waals surface area (Å²) in [4.78, 5) is 52.9. The van der Waals surface area contributed by atoms with Gasteiger partial charge in [0.15, 0.2) is 0 Å². The van der Waals surface area contributed by atoms with Crippen LogP contribution in [0.3, 0.4) is 0 Å². The predicted octanol–water partition coefficient (Wildman–Crippen LogP) is -1.97. The Kier molecular flexibility index (Phi) is 5.98. The molecule has 10 heteroatoms. The number of nitrogens with zero attached hydrogens (tertiary/aromatic N) is 3. The maximum absolute atomic E-state index is 12.9. The van der Waals surface area contributed by atoms with Gasteiger partial charge in [-0.2, -0.15) is 0 Å². The SMILES string of the molecule is Cn1cccc1C(=O)N1CCN(C(=O)CN)C(C(=O)NC2CCCNC2=O)C1. The summed E-state index contributed by atoms with van der Waals surface area (Å²) in [6, 6.07) is 1.97. The smallest absolute Gasteiger partial charge is 0.270 e. The van der Waals surface area contributed by atoms with Crippen LogP contribution in [-0.2, 0) is 21.4 Å². The molecule has 1 aromatic rings. The number of carbonyl (C=O) groups is 4. The minimum Gasteiger partial charge on any atom is -0.354 e. The van der Waals surface area contributed by atoms with Crippen LogP contribution in [0.4, 0.5) is 0 Å². The van der Waals surface area contributed by atoms with Crippen molar-refractivity contribution in [2.75, 3.05) is 32.7 Å². The largest absolute Gasteiger partial charge is 0.354 e. The van der Waals surface area contributed by atoms with Gasteiger partial charge in [0.05, 0.1) is 13.1 Å². The first-order chi connectivity index (χ1) is 13.4. The van der Waals surface area contributed by atoms with Crippen molar-refractivity contribution in [1.29, 1.82) is 0 Å². The molecule has 1 aromatic heterocycles. The van der Waals surface area contributed by atoms with Crippen molar-refractivity contribution in [2.24, 2.45) is 12.8 Å². The van der Waals surface area contributed by atoms with Gasteiger partial charge < -0.3 is 30.7 Å². The minimum atomic E-state index is -0.885. The van der Waals surface area contributed by atoms with Gasteiger partial charge in [-0.3, -0.25) is 19.2 Å². The highest BCUT2D eigenvalue weighted by atomic mass is 16.2. The molecule has 0 radical (unpaired) electrons. The van der Waals surface area contributed by atoms with Gasteiger partial charge in [0.1, 0.15) is 17.8 Å². The van der Waals surface area contributed by atoms with Gasteiger partial charge >= 0.3 is 0 Å². The molecule has 3 rings (SSSR count). The average molecular weight is 390 g/mol. The van der Waals surface area contributed by atoms with E-state index in [1.807, 2.05) is 0 Å². The van der Waals surface area contributed by atoms with Crippen LogP contribution in [0.1, 0.15) is 23.3 Å². The summed E-state index contributed by atoms with van der Waals surface area (Å²) in [6.45, 7) is 0.936. The van der Waals surface area contributed by atoms with Crippen LogP contribution in [0.25, 0.3) is 0 Å². The number of piperidine rings is 1. The molecular weight excluding hydrogens is 364 g/mol. The average Bonchev–Trinajstić information content (AvgIpc) is 3.14. The standard InChI is InChI=1S/C18H26N6O4/c1-22-7-3-5-13(22)18(28)23-8-9-24(15(25)10-19)14(11-23)17(27)21-12-4-2-6-20-16(12)26/h3,5,7,12,14H,2,4,6,8-11,19H2,1H3,(H,20,26)(H,21,27). The van der Waals surface area contributed by atoms with Crippen LogP contribution in [0.15, 0.2) is 18.3 Å². The molecule has 28 heavy (non-hydrogen) atoms. The Morgan fingerprint density at radius 3 is 2.75 bits per heavy atom. The van der Waals surface area contributed by atoms with Gasteiger partial charge in [-0.25, -0.2) is 0 Å². The molecule has 152 valence electrons. The quantitative estimate of drug-likeness (QED) is 0.549. The molecule has 3 heterocycles. The van der Waals surface area contributed by atoms with Gasteiger partial charge in [0.2, 0.25) is 17.7 Å². The summed E-state index contributed by atoms with van der Waals surface area (Å²) >= 11 is 0. The van der Waals surface area contributed by atoms with Gasteiger partial charge in [-0.05, 0) is 25.0 Å². The van der Waals surface area contributed by atoms with Crippen LogP contribution < -0.4 is 16.4 Å². The number of amides is 4. The fourth-order valence-corrected chi connectivity index (χ4v) is 3.63. The van der Waals surface area contributed by atoms with Gasteiger partial charge in [0.25, 0.3) is 5.91 Å². The zero-order valence-corrected chi connectivity index (χ0v) is 15.9. The molecule has 2 aliphatic heterocycles. The van der Waals surface area contributed by atoms with Crippen molar-refractivity contribution in [2.45, 2.75) is 24.9 Å². The molecule has 2 fully saturated rings. The first-order valence-corrected chi connectivity index (χ1v) is 9.40. The third-order valence-electron chi connectivity index (χ3n) is 5.23. The van der Waals surface area contributed by atoms with Crippen LogP contribution in [0.5, 0.6) is 0 Å². The Balaban J connectivity index is 1.75. The molecule has 0 bridgehead atoms. The highest BCUT2D eigenvalue weighted by Gasteiger charge is 2.38. The zero-order valence-electron chi connectivity index (χ0n) is 15.9. The maximum atomic E-state index is 12.9. The minimum absolute atomic E-state index is 0.0515. The van der Waals surface area contributed by atoms with E-state index in [1.54, 1.807) is 34.8 Å². The third-order valence-corrected chi connectivity index (χ3v) is 5.23. The van der Waals surface area contributed by atoms with Gasteiger partial charge in [0, 0.05) is 32.9 Å². The van der Waals surface area contributed by atoms with E-state index in [9.17, 15) is 19.2 Å². The monoisotopic (exact) mass is 390 g/mol. The zero-order chi connectivity index (χ0) is 20.3. The highest BCUT2D eigenvalue weighted by molar-refractivity contribution is 5.96. The molecule has 0 spiro atoms. The third kappa shape index (κ3) is 4.01. The lowest BCUT2D eigenvalue weighted by molar-refractivity contribution is -0.143. The predicted molar refractivity (Wildman–Crippen MR) is 100 cm³/mol. The van der Waals surface area contributed by atoms with Gasteiger partial charge in [-0.1, -0.05) is 0 Å². The second-order valence-electron chi connectivity index (χ2n) is 7.06. The van der Waals surface area contributed by atoms with Crippen LogP contribution in [0, 0.1) is 0 Å². The number of hydrogen-bond donors (Lipinski definition) is 3. The number of hydrogen-bond acceptors (Lipinski definition) is 5. The number of carbonyl (C=O) groups excluding carboxylic acids is 4. The van der Waals surface area contributed by atoms with E-state index >= 15 is 0 Å². The molecule has 4 N–H and O–H groups in total. The second-order valence-corrected chi connectivity index (χ2v) is 7.06. The van der Waals surface area contributed by atoms with Crippen molar-refractivity contribution < 1.29 is 19.2 Å². The number of piperazine rings is 1. The topological polar surface area (TPSA) is 130 Å². The number of nitrogens with two attached hydrogens (primary N) is 1.